The molecule has 0 aliphatic rings. The molecule has 5 heteroatoms. The van der Waals surface area contributed by atoms with Crippen LogP contribution in [-0.4, -0.2) is 21.3 Å². The minimum absolute atomic E-state index is 0.221. The lowest BCUT2D eigenvalue weighted by Gasteiger charge is -2.14. The Labute approximate surface area is 105 Å². The topological polar surface area (TPSA) is 56.7 Å². The summed E-state index contributed by atoms with van der Waals surface area (Å²) in [6, 6.07) is 8.46. The minimum atomic E-state index is 0.221. The van der Waals surface area contributed by atoms with E-state index in [0.717, 1.165) is 5.16 Å². The maximum absolute atomic E-state index is 5.83. The number of nitrogens with two attached hydrogens (primary N) is 1. The molecule has 0 amide bonds. The van der Waals surface area contributed by atoms with Gasteiger partial charge in [0.15, 0.2) is 5.16 Å². The summed E-state index contributed by atoms with van der Waals surface area (Å²) in [5.41, 5.74) is 8.32. The van der Waals surface area contributed by atoms with E-state index in [1.807, 2.05) is 7.05 Å². The maximum atomic E-state index is 5.83. The Morgan fingerprint density at radius 2 is 2.06 bits per heavy atom. The number of aryl methyl sites for hydroxylation is 2. The molecule has 0 radical (unpaired) electrons. The van der Waals surface area contributed by atoms with Crippen LogP contribution in [0.5, 0.6) is 0 Å². The lowest BCUT2D eigenvalue weighted by molar-refractivity contribution is 0.682. The first-order valence-corrected chi connectivity index (χ1v) is 6.36. The summed E-state index contributed by atoms with van der Waals surface area (Å²) in [5.74, 6) is 0. The second-order valence-electron chi connectivity index (χ2n) is 3.92. The zero-order valence-electron chi connectivity index (χ0n) is 10.00. The summed E-state index contributed by atoms with van der Waals surface area (Å²) in [6.45, 7) is 2.66. The average Bonchev–Trinajstić information content (AvgIpc) is 2.73. The third-order valence-electron chi connectivity index (χ3n) is 2.58. The highest BCUT2D eigenvalue weighted by atomic mass is 32.2. The Bertz CT molecular complexity index is 478. The van der Waals surface area contributed by atoms with Crippen molar-refractivity contribution in [3.05, 3.63) is 41.7 Å². The fraction of sp³-hybridized carbons (Fsp3) is 0.333. The van der Waals surface area contributed by atoms with Crippen LogP contribution < -0.4 is 5.73 Å². The van der Waals surface area contributed by atoms with Gasteiger partial charge < -0.3 is 5.73 Å². The molecule has 0 fully saturated rings. The van der Waals surface area contributed by atoms with Crippen molar-refractivity contribution >= 4 is 11.8 Å². The Balaban J connectivity index is 2.17. The molecule has 2 N–H and O–H groups in total. The Morgan fingerprint density at radius 1 is 1.35 bits per heavy atom. The molecule has 0 saturated heterocycles. The molecule has 1 aromatic heterocycles. The van der Waals surface area contributed by atoms with Gasteiger partial charge >= 0.3 is 0 Å². The molecular weight excluding hydrogens is 232 g/mol. The monoisotopic (exact) mass is 248 g/mol. The molecule has 0 spiro atoms. The van der Waals surface area contributed by atoms with Crippen LogP contribution in [0.2, 0.25) is 0 Å². The lowest BCUT2D eigenvalue weighted by atomic mass is 10.1. The summed E-state index contributed by atoms with van der Waals surface area (Å²) in [4.78, 5) is 4.21. The Hall–Kier alpha value is -1.33. The molecular formula is C12H16N4S. The van der Waals surface area contributed by atoms with Gasteiger partial charge in [0, 0.05) is 18.8 Å². The van der Waals surface area contributed by atoms with Crippen LogP contribution in [-0.2, 0) is 7.05 Å². The second kappa shape index (κ2) is 5.33. The molecule has 2 rings (SSSR count). The van der Waals surface area contributed by atoms with Gasteiger partial charge in [0.2, 0.25) is 0 Å². The van der Waals surface area contributed by atoms with Crippen LogP contribution in [0.1, 0.15) is 16.4 Å². The maximum Gasteiger partial charge on any atom is 0.186 e. The van der Waals surface area contributed by atoms with Crippen molar-refractivity contribution in [1.82, 2.24) is 14.8 Å². The largest absolute Gasteiger partial charge is 0.329 e. The molecule has 1 heterocycles. The van der Waals surface area contributed by atoms with E-state index in [-0.39, 0.29) is 5.25 Å². The minimum Gasteiger partial charge on any atom is -0.329 e. The van der Waals surface area contributed by atoms with Gasteiger partial charge in [-0.1, -0.05) is 41.6 Å². The number of hydrogen-bond acceptors (Lipinski definition) is 4. The number of rotatable bonds is 4. The summed E-state index contributed by atoms with van der Waals surface area (Å²) in [7, 11) is 1.89. The highest BCUT2D eigenvalue weighted by Crippen LogP contribution is 2.32. The molecule has 4 nitrogen and oxygen atoms in total. The molecule has 17 heavy (non-hydrogen) atoms. The summed E-state index contributed by atoms with van der Waals surface area (Å²) in [5, 5.41) is 5.17. The van der Waals surface area contributed by atoms with Crippen molar-refractivity contribution < 1.29 is 0 Å². The van der Waals surface area contributed by atoms with Crippen LogP contribution >= 0.6 is 11.8 Å². The predicted octanol–water partition coefficient (Wildman–Crippen LogP) is 1.92. The van der Waals surface area contributed by atoms with Gasteiger partial charge in [0.25, 0.3) is 0 Å². The van der Waals surface area contributed by atoms with Gasteiger partial charge in [0.1, 0.15) is 6.33 Å². The van der Waals surface area contributed by atoms with Crippen LogP contribution in [0.4, 0.5) is 0 Å². The number of hydrogen-bond donors (Lipinski definition) is 1. The first-order valence-electron chi connectivity index (χ1n) is 5.48. The van der Waals surface area contributed by atoms with Crippen molar-refractivity contribution in [1.29, 1.82) is 0 Å². The van der Waals surface area contributed by atoms with E-state index in [1.165, 1.54) is 11.1 Å². The van der Waals surface area contributed by atoms with Crippen LogP contribution in [0.15, 0.2) is 35.7 Å². The molecule has 0 aliphatic heterocycles. The third kappa shape index (κ3) is 2.87. The van der Waals surface area contributed by atoms with E-state index in [9.17, 15) is 0 Å². The van der Waals surface area contributed by atoms with Gasteiger partial charge in [-0.2, -0.15) is 5.10 Å². The van der Waals surface area contributed by atoms with Crippen LogP contribution in [0.25, 0.3) is 0 Å². The van der Waals surface area contributed by atoms with E-state index >= 15 is 0 Å². The van der Waals surface area contributed by atoms with E-state index < -0.39 is 0 Å². The predicted molar refractivity (Wildman–Crippen MR) is 69.8 cm³/mol. The van der Waals surface area contributed by atoms with Gasteiger partial charge in [0.05, 0.1) is 0 Å². The highest BCUT2D eigenvalue weighted by Gasteiger charge is 2.14. The molecule has 1 atom stereocenters. The summed E-state index contributed by atoms with van der Waals surface area (Å²) >= 11 is 1.65. The molecule has 1 unspecified atom stereocenters. The van der Waals surface area contributed by atoms with Gasteiger partial charge in [-0.15, -0.1) is 0 Å². The third-order valence-corrected chi connectivity index (χ3v) is 3.91. The molecule has 2 aromatic rings. The van der Waals surface area contributed by atoms with Gasteiger partial charge in [-0.3, -0.25) is 0 Å². The fourth-order valence-electron chi connectivity index (χ4n) is 1.55. The van der Waals surface area contributed by atoms with Crippen molar-refractivity contribution in [2.24, 2.45) is 12.8 Å². The van der Waals surface area contributed by atoms with E-state index in [1.54, 1.807) is 22.8 Å². The van der Waals surface area contributed by atoms with Crippen molar-refractivity contribution in [2.75, 3.05) is 6.54 Å². The number of nitrogens with zero attached hydrogens (tertiary/aromatic N) is 3. The lowest BCUT2D eigenvalue weighted by Crippen LogP contribution is -2.10. The fourth-order valence-corrected chi connectivity index (χ4v) is 2.50. The normalized spacial score (nSPS) is 12.6. The smallest absolute Gasteiger partial charge is 0.186 e. The highest BCUT2D eigenvalue weighted by molar-refractivity contribution is 7.99. The zero-order valence-corrected chi connectivity index (χ0v) is 10.8. The number of benzene rings is 1. The Morgan fingerprint density at radius 3 is 2.59 bits per heavy atom. The quantitative estimate of drug-likeness (QED) is 0.840. The molecule has 0 aliphatic carbocycles. The average molecular weight is 248 g/mol. The SMILES string of the molecule is Cc1ccc(C(CN)Sc2ncnn2C)cc1. The first-order chi connectivity index (χ1) is 8.20. The van der Waals surface area contributed by atoms with Gasteiger partial charge in [-0.25, -0.2) is 9.67 Å². The van der Waals surface area contributed by atoms with Crippen LogP contribution in [0.3, 0.4) is 0 Å². The summed E-state index contributed by atoms with van der Waals surface area (Å²) in [6.07, 6.45) is 1.56. The number of thioether (sulfide) groups is 1. The van der Waals surface area contributed by atoms with Gasteiger partial charge in [-0.05, 0) is 12.5 Å². The molecule has 1 aromatic carbocycles. The second-order valence-corrected chi connectivity index (χ2v) is 5.09. The first kappa shape index (κ1) is 12.1. The molecule has 0 bridgehead atoms. The van der Waals surface area contributed by atoms with Crippen LogP contribution in [0, 0.1) is 6.92 Å². The van der Waals surface area contributed by atoms with Crippen molar-refractivity contribution in [3.63, 3.8) is 0 Å². The van der Waals surface area contributed by atoms with E-state index in [0.29, 0.717) is 6.54 Å². The Kier molecular flexibility index (Phi) is 3.81. The molecule has 90 valence electrons. The van der Waals surface area contributed by atoms with Crippen molar-refractivity contribution in [3.8, 4) is 0 Å². The molecule has 0 saturated carbocycles. The summed E-state index contributed by atoms with van der Waals surface area (Å²) < 4.78 is 1.77. The zero-order chi connectivity index (χ0) is 12.3. The standard InChI is InChI=1S/C12H16N4S/c1-9-3-5-10(6-4-9)11(7-13)17-12-14-8-15-16(12)2/h3-6,8,11H,7,13H2,1-2H3. The van der Waals surface area contributed by atoms with Crippen molar-refractivity contribution in [2.45, 2.75) is 17.3 Å². The van der Waals surface area contributed by atoms with E-state index in [4.69, 9.17) is 5.73 Å². The number of aromatic nitrogens is 3. The van der Waals surface area contributed by atoms with E-state index in [2.05, 4.69) is 41.3 Å².